The summed E-state index contributed by atoms with van der Waals surface area (Å²) in [4.78, 5) is 19.1. The van der Waals surface area contributed by atoms with Crippen molar-refractivity contribution in [3.63, 3.8) is 0 Å². The number of nitrogens with zero attached hydrogens (tertiary/aromatic N) is 2. The zero-order chi connectivity index (χ0) is 22.7. The average Bonchev–Trinajstić information content (AvgIpc) is 2.79. The summed E-state index contributed by atoms with van der Waals surface area (Å²) in [6.07, 6.45) is 1.51. The van der Waals surface area contributed by atoms with Crippen LogP contribution in [0.25, 0.3) is 0 Å². The van der Waals surface area contributed by atoms with Crippen LogP contribution in [-0.4, -0.2) is 55.3 Å². The second kappa shape index (κ2) is 12.4. The smallest absolute Gasteiger partial charge is 0.253 e. The Labute approximate surface area is 180 Å². The number of hydrogen-bond donors (Lipinski definition) is 2. The van der Waals surface area contributed by atoms with E-state index in [2.05, 4.69) is 22.1 Å². The molecule has 1 heterocycles. The van der Waals surface area contributed by atoms with Crippen LogP contribution in [0.2, 0.25) is 0 Å². The maximum Gasteiger partial charge on any atom is 0.253 e. The molecule has 1 aromatic heterocycles. The number of carbonyl (C=O) groups is 1. The van der Waals surface area contributed by atoms with Crippen molar-refractivity contribution in [2.75, 3.05) is 26.0 Å². The quantitative estimate of drug-likeness (QED) is 0.628. The molecule has 0 bridgehead atoms. The summed E-state index contributed by atoms with van der Waals surface area (Å²) in [5, 5.41) is 12.4. The zero-order valence-corrected chi connectivity index (χ0v) is 19.2. The topological polar surface area (TPSA) is 99.6 Å². The van der Waals surface area contributed by atoms with Crippen molar-refractivity contribution in [3.8, 4) is 0 Å². The van der Waals surface area contributed by atoms with Crippen molar-refractivity contribution in [1.82, 2.24) is 15.2 Å². The minimum absolute atomic E-state index is 0.0174. The Hall–Kier alpha value is -2.29. The first kappa shape index (κ1) is 25.7. The number of aliphatic hydroxyl groups is 1. The number of sulfone groups is 1. The van der Waals surface area contributed by atoms with E-state index in [0.29, 0.717) is 17.7 Å². The molecular formula is C22H33N3O4S. The summed E-state index contributed by atoms with van der Waals surface area (Å²) < 4.78 is 23.8. The van der Waals surface area contributed by atoms with Crippen molar-refractivity contribution in [3.05, 3.63) is 59.4 Å². The van der Waals surface area contributed by atoms with E-state index in [9.17, 15) is 18.3 Å². The highest BCUT2D eigenvalue weighted by molar-refractivity contribution is 7.91. The summed E-state index contributed by atoms with van der Waals surface area (Å²) >= 11 is 0. The Bertz CT molecular complexity index is 882. The minimum Gasteiger partial charge on any atom is -0.394 e. The predicted molar refractivity (Wildman–Crippen MR) is 119 cm³/mol. The number of amides is 1. The molecule has 0 saturated heterocycles. The molecule has 0 aliphatic rings. The van der Waals surface area contributed by atoms with E-state index >= 15 is 0 Å². The van der Waals surface area contributed by atoms with E-state index in [0.717, 1.165) is 12.2 Å². The van der Waals surface area contributed by atoms with Crippen LogP contribution in [0.4, 0.5) is 0 Å². The normalized spacial score (nSPS) is 12.1. The number of nitrogens with one attached hydrogen (secondary N) is 1. The highest BCUT2D eigenvalue weighted by atomic mass is 32.2. The van der Waals surface area contributed by atoms with Crippen molar-refractivity contribution in [2.24, 2.45) is 0 Å². The van der Waals surface area contributed by atoms with E-state index in [1.165, 1.54) is 18.3 Å². The van der Waals surface area contributed by atoms with Gasteiger partial charge in [-0.1, -0.05) is 39.8 Å². The molecule has 2 aromatic rings. The molecule has 1 amide bonds. The van der Waals surface area contributed by atoms with Crippen LogP contribution >= 0.6 is 0 Å². The lowest BCUT2D eigenvalue weighted by atomic mass is 10.1. The second-order valence-electron chi connectivity index (χ2n) is 6.55. The van der Waals surface area contributed by atoms with Gasteiger partial charge < -0.3 is 15.3 Å². The van der Waals surface area contributed by atoms with Crippen molar-refractivity contribution < 1.29 is 18.3 Å². The van der Waals surface area contributed by atoms with Crippen molar-refractivity contribution in [2.45, 2.75) is 45.2 Å². The Balaban J connectivity index is 0.00000218. The number of hydrogen-bond acceptors (Lipinski definition) is 6. The van der Waals surface area contributed by atoms with Crippen molar-refractivity contribution in [1.29, 1.82) is 0 Å². The molecule has 0 saturated carbocycles. The van der Waals surface area contributed by atoms with Crippen LogP contribution in [0.3, 0.4) is 0 Å². The Morgan fingerprint density at radius 3 is 2.23 bits per heavy atom. The standard InChI is InChI=1S/C20H27N3O4S.C2H6/c1-4-23(3)13-17-9-6-16(12-21-17)20(25)22-19(14-24)15-7-10-18(11-8-15)28(26,27)5-2;1-2/h6-12,19,24H,4-5,13-14H2,1-3H3,(H,22,25);1-2H3. The molecule has 0 radical (unpaired) electrons. The predicted octanol–water partition coefficient (Wildman–Crippen LogP) is 2.82. The van der Waals surface area contributed by atoms with Gasteiger partial charge in [-0.05, 0) is 43.4 Å². The monoisotopic (exact) mass is 435 g/mol. The molecule has 7 nitrogen and oxygen atoms in total. The van der Waals surface area contributed by atoms with Crippen LogP contribution in [0.1, 0.15) is 55.4 Å². The number of rotatable bonds is 9. The van der Waals surface area contributed by atoms with Crippen LogP contribution in [0.5, 0.6) is 0 Å². The third-order valence-corrected chi connectivity index (χ3v) is 6.32. The fourth-order valence-electron chi connectivity index (χ4n) is 2.59. The van der Waals surface area contributed by atoms with E-state index in [4.69, 9.17) is 0 Å². The third kappa shape index (κ3) is 7.19. The molecule has 0 aliphatic carbocycles. The van der Waals surface area contributed by atoms with Gasteiger partial charge in [0.25, 0.3) is 5.91 Å². The molecule has 0 aliphatic heterocycles. The van der Waals surface area contributed by atoms with E-state index in [-0.39, 0.29) is 23.2 Å². The fraction of sp³-hybridized carbons (Fsp3) is 0.455. The summed E-state index contributed by atoms with van der Waals surface area (Å²) in [5.74, 6) is -0.337. The molecule has 2 rings (SSSR count). The maximum atomic E-state index is 12.5. The number of pyridine rings is 1. The van der Waals surface area contributed by atoms with Crippen molar-refractivity contribution >= 4 is 15.7 Å². The Morgan fingerprint density at radius 2 is 1.77 bits per heavy atom. The Kier molecular flexibility index (Phi) is 10.7. The number of aromatic nitrogens is 1. The molecule has 0 spiro atoms. The molecule has 1 atom stereocenters. The second-order valence-corrected chi connectivity index (χ2v) is 8.83. The molecule has 1 unspecified atom stereocenters. The van der Waals surface area contributed by atoms with Gasteiger partial charge in [-0.25, -0.2) is 8.42 Å². The van der Waals surface area contributed by atoms with Gasteiger partial charge in [0, 0.05) is 12.7 Å². The lowest BCUT2D eigenvalue weighted by molar-refractivity contribution is 0.0915. The molecule has 0 fully saturated rings. The molecular weight excluding hydrogens is 402 g/mol. The third-order valence-electron chi connectivity index (χ3n) is 4.57. The van der Waals surface area contributed by atoms with Crippen LogP contribution in [0, 0.1) is 0 Å². The van der Waals surface area contributed by atoms with Gasteiger partial charge in [-0.3, -0.25) is 9.78 Å². The molecule has 30 heavy (non-hydrogen) atoms. The number of benzene rings is 1. The van der Waals surface area contributed by atoms with Crippen LogP contribution in [0.15, 0.2) is 47.5 Å². The minimum atomic E-state index is -3.29. The lowest BCUT2D eigenvalue weighted by Crippen LogP contribution is -2.31. The van der Waals surface area contributed by atoms with Crippen LogP contribution < -0.4 is 5.32 Å². The van der Waals surface area contributed by atoms with Gasteiger partial charge in [-0.15, -0.1) is 0 Å². The van der Waals surface area contributed by atoms with Gasteiger partial charge in [0.2, 0.25) is 0 Å². The molecule has 2 N–H and O–H groups in total. The first-order chi connectivity index (χ1) is 14.3. The zero-order valence-electron chi connectivity index (χ0n) is 18.4. The van der Waals surface area contributed by atoms with Crippen LogP contribution in [-0.2, 0) is 16.4 Å². The van der Waals surface area contributed by atoms with Gasteiger partial charge in [-0.2, -0.15) is 0 Å². The van der Waals surface area contributed by atoms with E-state index < -0.39 is 15.9 Å². The summed E-state index contributed by atoms with van der Waals surface area (Å²) in [7, 11) is -1.30. The highest BCUT2D eigenvalue weighted by Crippen LogP contribution is 2.18. The first-order valence-electron chi connectivity index (χ1n) is 10.2. The molecule has 8 heteroatoms. The fourth-order valence-corrected chi connectivity index (χ4v) is 3.47. The molecule has 166 valence electrons. The van der Waals surface area contributed by atoms with Gasteiger partial charge in [0.15, 0.2) is 9.84 Å². The summed E-state index contributed by atoms with van der Waals surface area (Å²) in [6, 6.07) is 9.05. The van der Waals surface area contributed by atoms with Gasteiger partial charge in [0.1, 0.15) is 0 Å². The number of aliphatic hydroxyl groups excluding tert-OH is 1. The van der Waals surface area contributed by atoms with E-state index in [1.807, 2.05) is 20.9 Å². The summed E-state index contributed by atoms with van der Waals surface area (Å²) in [6.45, 7) is 8.93. The number of carbonyl (C=O) groups excluding carboxylic acids is 1. The Morgan fingerprint density at radius 1 is 1.13 bits per heavy atom. The SMILES string of the molecule is CC.CCN(C)Cc1ccc(C(=O)NC(CO)c2ccc(S(=O)(=O)CC)cc2)cn1. The van der Waals surface area contributed by atoms with Gasteiger partial charge >= 0.3 is 0 Å². The van der Waals surface area contributed by atoms with Gasteiger partial charge in [0.05, 0.1) is 34.6 Å². The highest BCUT2D eigenvalue weighted by Gasteiger charge is 2.17. The largest absolute Gasteiger partial charge is 0.394 e. The van der Waals surface area contributed by atoms with E-state index in [1.54, 1.807) is 31.2 Å². The maximum absolute atomic E-state index is 12.5. The lowest BCUT2D eigenvalue weighted by Gasteiger charge is -2.17. The summed E-state index contributed by atoms with van der Waals surface area (Å²) in [5.41, 5.74) is 1.89. The molecule has 1 aromatic carbocycles. The first-order valence-corrected chi connectivity index (χ1v) is 11.8. The average molecular weight is 436 g/mol.